The monoisotopic (exact) mass is 403 g/mol. The van der Waals surface area contributed by atoms with E-state index in [4.69, 9.17) is 23.7 Å². The normalized spacial score (nSPS) is 27.5. The van der Waals surface area contributed by atoms with Crippen LogP contribution in [0.15, 0.2) is 0 Å². The topological polar surface area (TPSA) is 126 Å². The molecule has 1 amide bonds. The van der Waals surface area contributed by atoms with Gasteiger partial charge in [-0.2, -0.15) is 0 Å². The number of ether oxygens (including phenoxy) is 5. The minimum absolute atomic E-state index is 0.262. The number of rotatable bonds is 6. The molecule has 10 heteroatoms. The standard InChI is InChI=1S/C18H29NO9/c1-9(20)19-14-16(26-12(4)23)15(25-11(3)22)13(8-24-10(2)21)27-17(14)28-18(5,6)7/h13-17H,8H2,1-7H3,(H,19,20)/t13-,14-,15+,16-,17+/m0/s1. The van der Waals surface area contributed by atoms with Crippen molar-refractivity contribution in [1.29, 1.82) is 0 Å². The lowest BCUT2D eigenvalue weighted by Gasteiger charge is -2.46. The highest BCUT2D eigenvalue weighted by Gasteiger charge is 2.52. The van der Waals surface area contributed by atoms with Gasteiger partial charge in [-0.3, -0.25) is 19.2 Å². The van der Waals surface area contributed by atoms with Crippen molar-refractivity contribution in [3.8, 4) is 0 Å². The average molecular weight is 403 g/mol. The molecule has 0 aromatic carbocycles. The van der Waals surface area contributed by atoms with Gasteiger partial charge in [0, 0.05) is 27.7 Å². The number of carbonyl (C=O) groups excluding carboxylic acids is 4. The molecule has 0 radical (unpaired) electrons. The van der Waals surface area contributed by atoms with Gasteiger partial charge in [0.2, 0.25) is 5.91 Å². The van der Waals surface area contributed by atoms with E-state index in [1.807, 2.05) is 0 Å². The van der Waals surface area contributed by atoms with E-state index in [2.05, 4.69) is 5.32 Å². The van der Waals surface area contributed by atoms with Crippen LogP contribution in [0.1, 0.15) is 48.5 Å². The minimum Gasteiger partial charge on any atom is -0.463 e. The quantitative estimate of drug-likeness (QED) is 0.497. The molecule has 1 saturated heterocycles. The van der Waals surface area contributed by atoms with Gasteiger partial charge >= 0.3 is 17.9 Å². The number of hydrogen-bond donors (Lipinski definition) is 1. The summed E-state index contributed by atoms with van der Waals surface area (Å²) in [6, 6.07) is -0.960. The van der Waals surface area contributed by atoms with Crippen molar-refractivity contribution in [2.45, 2.75) is 84.7 Å². The van der Waals surface area contributed by atoms with Crippen LogP contribution in [-0.4, -0.2) is 66.7 Å². The molecule has 1 N–H and O–H groups in total. The van der Waals surface area contributed by atoms with Gasteiger partial charge in [0.1, 0.15) is 18.8 Å². The maximum atomic E-state index is 11.7. The van der Waals surface area contributed by atoms with Crippen LogP contribution in [0.5, 0.6) is 0 Å². The predicted molar refractivity (Wildman–Crippen MR) is 94.8 cm³/mol. The van der Waals surface area contributed by atoms with Gasteiger partial charge in [-0.1, -0.05) is 0 Å². The highest BCUT2D eigenvalue weighted by molar-refractivity contribution is 5.73. The van der Waals surface area contributed by atoms with Crippen LogP contribution in [0.25, 0.3) is 0 Å². The third-order valence-electron chi connectivity index (χ3n) is 3.54. The van der Waals surface area contributed by atoms with Crippen LogP contribution >= 0.6 is 0 Å². The van der Waals surface area contributed by atoms with Crippen LogP contribution < -0.4 is 5.32 Å². The zero-order valence-corrected chi connectivity index (χ0v) is 17.3. The summed E-state index contributed by atoms with van der Waals surface area (Å²) in [6.07, 6.45) is -4.28. The maximum absolute atomic E-state index is 11.7. The molecule has 1 rings (SSSR count). The van der Waals surface area contributed by atoms with Gasteiger partial charge in [-0.05, 0) is 20.8 Å². The van der Waals surface area contributed by atoms with Gasteiger partial charge in [-0.15, -0.1) is 0 Å². The van der Waals surface area contributed by atoms with Crippen molar-refractivity contribution >= 4 is 23.8 Å². The Morgan fingerprint density at radius 3 is 1.86 bits per heavy atom. The molecule has 1 heterocycles. The third kappa shape index (κ3) is 7.81. The second-order valence-electron chi connectivity index (χ2n) is 7.45. The molecule has 0 spiro atoms. The van der Waals surface area contributed by atoms with Gasteiger partial charge in [0.05, 0.1) is 5.60 Å². The summed E-state index contributed by atoms with van der Waals surface area (Å²) in [6.45, 7) is 9.94. The van der Waals surface area contributed by atoms with Crippen molar-refractivity contribution < 1.29 is 42.9 Å². The second-order valence-corrected chi connectivity index (χ2v) is 7.45. The molecule has 0 aromatic heterocycles. The lowest BCUT2D eigenvalue weighted by Crippen LogP contribution is -2.67. The largest absolute Gasteiger partial charge is 0.463 e. The number of esters is 3. The summed E-state index contributed by atoms with van der Waals surface area (Å²) < 4.78 is 27.4. The third-order valence-corrected chi connectivity index (χ3v) is 3.54. The van der Waals surface area contributed by atoms with E-state index in [0.29, 0.717) is 0 Å². The first kappa shape index (κ1) is 23.8. The van der Waals surface area contributed by atoms with E-state index in [1.54, 1.807) is 20.8 Å². The van der Waals surface area contributed by atoms with Crippen LogP contribution in [0.4, 0.5) is 0 Å². The van der Waals surface area contributed by atoms with E-state index in [9.17, 15) is 19.2 Å². The van der Waals surface area contributed by atoms with E-state index in [1.165, 1.54) is 27.7 Å². The summed E-state index contributed by atoms with van der Waals surface area (Å²) in [5.74, 6) is -2.30. The Morgan fingerprint density at radius 1 is 0.893 bits per heavy atom. The number of carbonyl (C=O) groups is 4. The molecule has 0 bridgehead atoms. The van der Waals surface area contributed by atoms with Crippen molar-refractivity contribution in [3.63, 3.8) is 0 Å². The van der Waals surface area contributed by atoms with Gasteiger partial charge in [0.25, 0.3) is 0 Å². The number of nitrogens with one attached hydrogen (secondary N) is 1. The number of hydrogen-bond acceptors (Lipinski definition) is 9. The summed E-state index contributed by atoms with van der Waals surface area (Å²) in [5, 5.41) is 2.63. The maximum Gasteiger partial charge on any atom is 0.303 e. The first-order valence-corrected chi connectivity index (χ1v) is 8.88. The Kier molecular flexibility index (Phi) is 8.37. The van der Waals surface area contributed by atoms with Crippen molar-refractivity contribution in [2.24, 2.45) is 0 Å². The van der Waals surface area contributed by atoms with Crippen LogP contribution in [-0.2, 0) is 42.9 Å². The molecular weight excluding hydrogens is 374 g/mol. The van der Waals surface area contributed by atoms with Gasteiger partial charge in [0.15, 0.2) is 18.5 Å². The second kappa shape index (κ2) is 9.83. The Labute approximate surface area is 164 Å². The molecule has 0 saturated carbocycles. The Morgan fingerprint density at radius 2 is 1.43 bits per heavy atom. The molecule has 0 aromatic rings. The Bertz CT molecular complexity index is 598. The molecule has 0 aliphatic carbocycles. The highest BCUT2D eigenvalue weighted by Crippen LogP contribution is 2.30. The molecule has 10 nitrogen and oxygen atoms in total. The summed E-state index contributed by atoms with van der Waals surface area (Å²) in [7, 11) is 0. The smallest absolute Gasteiger partial charge is 0.303 e. The molecule has 1 fully saturated rings. The first-order valence-electron chi connectivity index (χ1n) is 8.88. The molecule has 28 heavy (non-hydrogen) atoms. The minimum atomic E-state index is -1.13. The van der Waals surface area contributed by atoms with E-state index >= 15 is 0 Å². The van der Waals surface area contributed by atoms with Crippen molar-refractivity contribution in [1.82, 2.24) is 5.32 Å². The Hall–Kier alpha value is -2.20. The summed E-state index contributed by atoms with van der Waals surface area (Å²) in [4.78, 5) is 46.3. The molecule has 5 atom stereocenters. The number of amides is 1. The fraction of sp³-hybridized carbons (Fsp3) is 0.778. The average Bonchev–Trinajstić information content (AvgIpc) is 2.48. The van der Waals surface area contributed by atoms with E-state index in [-0.39, 0.29) is 6.61 Å². The van der Waals surface area contributed by atoms with Gasteiger partial charge < -0.3 is 29.0 Å². The SMILES string of the molecule is CC(=O)N[C@@H]1[C@@H](OC(C)(C)C)O[C@@H](COC(C)=O)[C@@H](OC(C)=O)[C@H]1OC(C)=O. The van der Waals surface area contributed by atoms with Crippen molar-refractivity contribution in [2.75, 3.05) is 6.61 Å². The fourth-order valence-corrected chi connectivity index (χ4v) is 2.74. The van der Waals surface area contributed by atoms with Crippen LogP contribution in [0.3, 0.4) is 0 Å². The first-order chi connectivity index (χ1) is 12.8. The zero-order valence-electron chi connectivity index (χ0n) is 17.3. The highest BCUT2D eigenvalue weighted by atomic mass is 16.7. The van der Waals surface area contributed by atoms with Crippen LogP contribution in [0, 0.1) is 0 Å². The van der Waals surface area contributed by atoms with E-state index in [0.717, 1.165) is 0 Å². The molecule has 160 valence electrons. The van der Waals surface area contributed by atoms with Crippen molar-refractivity contribution in [3.05, 3.63) is 0 Å². The lowest BCUT2D eigenvalue weighted by molar-refractivity contribution is -0.297. The summed E-state index contributed by atoms with van der Waals surface area (Å²) >= 11 is 0. The van der Waals surface area contributed by atoms with Crippen LogP contribution in [0.2, 0.25) is 0 Å². The molecular formula is C18H29NO9. The summed E-state index contributed by atoms with van der Waals surface area (Å²) in [5.41, 5.74) is -0.678. The molecule has 1 aliphatic rings. The lowest BCUT2D eigenvalue weighted by atomic mass is 9.95. The fourth-order valence-electron chi connectivity index (χ4n) is 2.74. The molecule has 1 aliphatic heterocycles. The Balaban J connectivity index is 3.33. The van der Waals surface area contributed by atoms with E-state index < -0.39 is 60.1 Å². The van der Waals surface area contributed by atoms with Gasteiger partial charge in [-0.25, -0.2) is 0 Å². The zero-order chi connectivity index (χ0) is 21.6. The predicted octanol–water partition coefficient (Wildman–Crippen LogP) is 0.458. The molecule has 0 unspecified atom stereocenters.